The summed E-state index contributed by atoms with van der Waals surface area (Å²) >= 11 is 0. The fraction of sp³-hybridized carbons (Fsp3) is 0.538. The summed E-state index contributed by atoms with van der Waals surface area (Å²) in [6.07, 6.45) is 8.52. The van der Waals surface area contributed by atoms with Gasteiger partial charge in [0.05, 0.1) is 6.10 Å². The third-order valence-corrected chi connectivity index (χ3v) is 6.18. The number of phenolic OH excluding ortho intramolecular Hbond substituents is 1. The van der Waals surface area contributed by atoms with Crippen LogP contribution in [0.1, 0.15) is 88.7 Å². The molecule has 0 bridgehead atoms. The summed E-state index contributed by atoms with van der Waals surface area (Å²) in [6, 6.07) is 16.1. The first-order valence-corrected chi connectivity index (χ1v) is 11.3. The normalized spacial score (nSPS) is 18.2. The summed E-state index contributed by atoms with van der Waals surface area (Å²) in [5, 5.41) is 9.50. The van der Waals surface area contributed by atoms with Crippen molar-refractivity contribution in [2.45, 2.75) is 89.9 Å². The number of benzene rings is 2. The highest BCUT2D eigenvalue weighted by Gasteiger charge is 2.18. The molecule has 1 fully saturated rings. The van der Waals surface area contributed by atoms with Crippen LogP contribution >= 0.6 is 0 Å². The molecule has 3 nitrogen and oxygen atoms in total. The molecule has 0 aromatic heterocycles. The van der Waals surface area contributed by atoms with Gasteiger partial charge in [0.25, 0.3) is 0 Å². The van der Waals surface area contributed by atoms with Crippen molar-refractivity contribution in [1.29, 1.82) is 0 Å². The van der Waals surface area contributed by atoms with Gasteiger partial charge in [-0.05, 0) is 79.8 Å². The van der Waals surface area contributed by atoms with Gasteiger partial charge in [-0.25, -0.2) is 0 Å². The Morgan fingerprint density at radius 2 is 1.52 bits per heavy atom. The lowest BCUT2D eigenvalue weighted by molar-refractivity contribution is -0.116. The van der Waals surface area contributed by atoms with E-state index >= 15 is 0 Å². The molecule has 2 aromatic rings. The van der Waals surface area contributed by atoms with E-state index in [1.165, 1.54) is 30.4 Å². The number of rotatable bonds is 9. The lowest BCUT2D eigenvalue weighted by Crippen LogP contribution is -2.26. The monoisotopic (exact) mass is 396 g/mol. The molecule has 0 saturated heterocycles. The van der Waals surface area contributed by atoms with Gasteiger partial charge >= 0.3 is 0 Å². The Morgan fingerprint density at radius 3 is 2.14 bits per heavy atom. The Balaban J connectivity index is 1.54. The van der Waals surface area contributed by atoms with Crippen LogP contribution in [0.3, 0.4) is 0 Å². The summed E-state index contributed by atoms with van der Waals surface area (Å²) in [5.74, 6) is 2.15. The first-order valence-electron chi connectivity index (χ1n) is 11.3. The summed E-state index contributed by atoms with van der Waals surface area (Å²) in [6.45, 7) is 6.51. The molecule has 3 unspecified atom stereocenters. The van der Waals surface area contributed by atoms with E-state index < -0.39 is 0 Å². The van der Waals surface area contributed by atoms with Crippen molar-refractivity contribution in [3.63, 3.8) is 0 Å². The Kier molecular flexibility index (Phi) is 8.00. The molecule has 3 atom stereocenters. The van der Waals surface area contributed by atoms with Crippen LogP contribution in [0.25, 0.3) is 0 Å². The number of aromatic hydroxyl groups is 1. The number of hydrogen-bond acceptors (Lipinski definition) is 3. The summed E-state index contributed by atoms with van der Waals surface area (Å²) in [5.41, 5.74) is 2.63. The molecule has 0 spiro atoms. The van der Waals surface area contributed by atoms with E-state index in [1.807, 2.05) is 19.1 Å². The zero-order chi connectivity index (χ0) is 20.6. The van der Waals surface area contributed by atoms with Gasteiger partial charge in [-0.15, -0.1) is 0 Å². The molecular weight excluding hydrogens is 360 g/mol. The van der Waals surface area contributed by atoms with Crippen LogP contribution in [0, 0.1) is 0 Å². The maximum Gasteiger partial charge on any atom is 0.197 e. The van der Waals surface area contributed by atoms with E-state index in [9.17, 15) is 5.11 Å². The number of phenols is 1. The van der Waals surface area contributed by atoms with E-state index in [-0.39, 0.29) is 6.29 Å². The number of ether oxygens (including phenoxy) is 2. The van der Waals surface area contributed by atoms with Crippen LogP contribution in [-0.2, 0) is 4.74 Å². The second-order valence-corrected chi connectivity index (χ2v) is 8.48. The maximum atomic E-state index is 9.50. The van der Waals surface area contributed by atoms with Gasteiger partial charge in [-0.1, -0.05) is 57.4 Å². The Bertz CT molecular complexity index is 717. The average molecular weight is 397 g/mol. The molecule has 1 saturated carbocycles. The van der Waals surface area contributed by atoms with Crippen LogP contribution in [0.4, 0.5) is 0 Å². The predicted molar refractivity (Wildman–Crippen MR) is 119 cm³/mol. The third-order valence-electron chi connectivity index (χ3n) is 6.18. The molecule has 0 heterocycles. The molecule has 0 aliphatic heterocycles. The van der Waals surface area contributed by atoms with Gasteiger partial charge in [0.15, 0.2) is 6.29 Å². The molecule has 1 N–H and O–H groups in total. The van der Waals surface area contributed by atoms with Crippen molar-refractivity contribution in [1.82, 2.24) is 0 Å². The number of hydrogen-bond donors (Lipinski definition) is 1. The van der Waals surface area contributed by atoms with Crippen molar-refractivity contribution < 1.29 is 14.6 Å². The second kappa shape index (κ2) is 10.7. The molecule has 3 heteroatoms. The van der Waals surface area contributed by atoms with Gasteiger partial charge in [0, 0.05) is 0 Å². The van der Waals surface area contributed by atoms with Crippen molar-refractivity contribution in [2.75, 3.05) is 0 Å². The van der Waals surface area contributed by atoms with E-state index in [0.717, 1.165) is 31.4 Å². The molecule has 0 radical (unpaired) electrons. The quantitative estimate of drug-likeness (QED) is 0.457. The zero-order valence-electron chi connectivity index (χ0n) is 18.1. The van der Waals surface area contributed by atoms with Crippen molar-refractivity contribution in [2.24, 2.45) is 0 Å². The lowest BCUT2D eigenvalue weighted by Gasteiger charge is -2.26. The molecule has 1 aliphatic carbocycles. The molecule has 29 heavy (non-hydrogen) atoms. The van der Waals surface area contributed by atoms with Gasteiger partial charge in [-0.2, -0.15) is 0 Å². The van der Waals surface area contributed by atoms with E-state index in [0.29, 0.717) is 23.7 Å². The first-order chi connectivity index (χ1) is 14.0. The van der Waals surface area contributed by atoms with Crippen LogP contribution in [0.5, 0.6) is 11.5 Å². The summed E-state index contributed by atoms with van der Waals surface area (Å²) < 4.78 is 12.1. The summed E-state index contributed by atoms with van der Waals surface area (Å²) in [7, 11) is 0. The second-order valence-electron chi connectivity index (χ2n) is 8.48. The highest BCUT2D eigenvalue weighted by atomic mass is 16.7. The Labute approximate surface area is 176 Å². The fourth-order valence-electron chi connectivity index (χ4n) is 4.41. The lowest BCUT2D eigenvalue weighted by atomic mass is 9.84. The van der Waals surface area contributed by atoms with Crippen LogP contribution in [0.15, 0.2) is 48.5 Å². The molecule has 158 valence electrons. The molecular formula is C26H36O3. The van der Waals surface area contributed by atoms with Gasteiger partial charge in [-0.3, -0.25) is 0 Å². The third kappa shape index (κ3) is 6.50. The van der Waals surface area contributed by atoms with Crippen molar-refractivity contribution >= 4 is 0 Å². The van der Waals surface area contributed by atoms with Gasteiger partial charge < -0.3 is 14.6 Å². The van der Waals surface area contributed by atoms with Gasteiger partial charge in [0.1, 0.15) is 11.5 Å². The van der Waals surface area contributed by atoms with Crippen molar-refractivity contribution in [3.8, 4) is 11.5 Å². The highest BCUT2D eigenvalue weighted by Crippen LogP contribution is 2.33. The minimum Gasteiger partial charge on any atom is -0.508 e. The molecule has 2 aromatic carbocycles. The van der Waals surface area contributed by atoms with Gasteiger partial charge in [0.2, 0.25) is 0 Å². The average Bonchev–Trinajstić information content (AvgIpc) is 2.73. The SMILES string of the molecule is CCC(CC(C)c1ccc(O)cc1)c1ccc(OC(C)OC2CCCCC2)cc1. The van der Waals surface area contributed by atoms with Crippen LogP contribution in [-0.4, -0.2) is 17.5 Å². The minimum absolute atomic E-state index is 0.208. The Hall–Kier alpha value is -2.00. The summed E-state index contributed by atoms with van der Waals surface area (Å²) in [4.78, 5) is 0. The molecule has 3 rings (SSSR count). The first kappa shape index (κ1) is 21.7. The standard InChI is InChI=1S/C26H36O3/c1-4-21(18-19(2)22-10-14-24(27)15-11-22)23-12-16-26(17-13-23)29-20(3)28-25-8-6-5-7-9-25/h10-17,19-21,25,27H,4-9,18H2,1-3H3. The maximum absolute atomic E-state index is 9.50. The fourth-order valence-corrected chi connectivity index (χ4v) is 4.41. The van der Waals surface area contributed by atoms with Crippen LogP contribution < -0.4 is 4.74 Å². The predicted octanol–water partition coefficient (Wildman–Crippen LogP) is 7.15. The minimum atomic E-state index is -0.208. The van der Waals surface area contributed by atoms with E-state index in [2.05, 4.69) is 38.1 Å². The topological polar surface area (TPSA) is 38.7 Å². The molecule has 1 aliphatic rings. The molecule has 0 amide bonds. The van der Waals surface area contributed by atoms with E-state index in [4.69, 9.17) is 9.47 Å². The largest absolute Gasteiger partial charge is 0.508 e. The van der Waals surface area contributed by atoms with E-state index in [1.54, 1.807) is 12.1 Å². The highest BCUT2D eigenvalue weighted by molar-refractivity contribution is 5.31. The zero-order valence-corrected chi connectivity index (χ0v) is 18.1. The smallest absolute Gasteiger partial charge is 0.197 e. The Morgan fingerprint density at radius 1 is 0.897 bits per heavy atom. The van der Waals surface area contributed by atoms with Crippen LogP contribution in [0.2, 0.25) is 0 Å². The van der Waals surface area contributed by atoms with Crippen molar-refractivity contribution in [3.05, 3.63) is 59.7 Å².